The van der Waals surface area contributed by atoms with Crippen molar-refractivity contribution < 1.29 is 14.7 Å². The molecule has 1 aromatic rings. The minimum atomic E-state index is -0.935. The van der Waals surface area contributed by atoms with E-state index in [9.17, 15) is 9.59 Å². The molecule has 2 atom stereocenters. The summed E-state index contributed by atoms with van der Waals surface area (Å²) in [4.78, 5) is 25.1. The monoisotopic (exact) mass is 262 g/mol. The van der Waals surface area contributed by atoms with E-state index in [-0.39, 0.29) is 12.5 Å². The maximum atomic E-state index is 12.5. The largest absolute Gasteiger partial charge is 0.480 e. The molecule has 19 heavy (non-hydrogen) atoms. The lowest BCUT2D eigenvalue weighted by Crippen LogP contribution is -2.44. The summed E-state index contributed by atoms with van der Waals surface area (Å²) >= 11 is 0. The van der Waals surface area contributed by atoms with Crippen molar-refractivity contribution in [2.24, 2.45) is 5.73 Å². The van der Waals surface area contributed by atoms with E-state index >= 15 is 0 Å². The quantitative estimate of drug-likeness (QED) is 0.841. The van der Waals surface area contributed by atoms with Gasteiger partial charge in [0.05, 0.1) is 5.92 Å². The molecular weight excluding hydrogens is 244 g/mol. The van der Waals surface area contributed by atoms with E-state index < -0.39 is 17.9 Å². The van der Waals surface area contributed by atoms with Gasteiger partial charge in [0, 0.05) is 13.1 Å². The molecule has 1 saturated heterocycles. The van der Waals surface area contributed by atoms with Gasteiger partial charge in [0.2, 0.25) is 5.91 Å². The van der Waals surface area contributed by atoms with Crippen molar-refractivity contribution in [1.82, 2.24) is 4.90 Å². The number of benzene rings is 1. The van der Waals surface area contributed by atoms with Crippen LogP contribution in [0.3, 0.4) is 0 Å². The number of hydrogen-bond acceptors (Lipinski definition) is 3. The zero-order chi connectivity index (χ0) is 13.8. The van der Waals surface area contributed by atoms with Crippen LogP contribution >= 0.6 is 0 Å². The van der Waals surface area contributed by atoms with Crippen molar-refractivity contribution in [3.8, 4) is 0 Å². The molecule has 0 aliphatic carbocycles. The minimum absolute atomic E-state index is 0.182. The molecule has 0 saturated carbocycles. The molecule has 1 aliphatic heterocycles. The van der Waals surface area contributed by atoms with Crippen LogP contribution in [0.4, 0.5) is 0 Å². The van der Waals surface area contributed by atoms with Crippen molar-refractivity contribution in [3.05, 3.63) is 35.9 Å². The molecule has 2 rings (SSSR count). The SMILES string of the molecule is NCC(C(=O)N1CCCC1C(=O)O)c1ccccc1. The van der Waals surface area contributed by atoms with Gasteiger partial charge in [-0.1, -0.05) is 30.3 Å². The van der Waals surface area contributed by atoms with E-state index in [1.165, 1.54) is 4.90 Å². The van der Waals surface area contributed by atoms with Crippen molar-refractivity contribution in [2.75, 3.05) is 13.1 Å². The van der Waals surface area contributed by atoms with Crippen LogP contribution in [0.15, 0.2) is 30.3 Å². The molecule has 0 bridgehead atoms. The van der Waals surface area contributed by atoms with Gasteiger partial charge in [-0.05, 0) is 18.4 Å². The number of nitrogens with two attached hydrogens (primary N) is 1. The Morgan fingerprint density at radius 1 is 1.37 bits per heavy atom. The summed E-state index contributed by atoms with van der Waals surface area (Å²) in [5.41, 5.74) is 6.54. The number of aliphatic carboxylic acids is 1. The van der Waals surface area contributed by atoms with Gasteiger partial charge in [0.15, 0.2) is 0 Å². The second kappa shape index (κ2) is 5.84. The zero-order valence-electron chi connectivity index (χ0n) is 10.7. The number of amides is 1. The summed E-state index contributed by atoms with van der Waals surface area (Å²) < 4.78 is 0. The summed E-state index contributed by atoms with van der Waals surface area (Å²) in [6.07, 6.45) is 1.25. The number of carboxylic acids is 1. The van der Waals surface area contributed by atoms with E-state index in [0.29, 0.717) is 13.0 Å². The van der Waals surface area contributed by atoms with Gasteiger partial charge in [-0.15, -0.1) is 0 Å². The van der Waals surface area contributed by atoms with E-state index in [1.807, 2.05) is 30.3 Å². The van der Waals surface area contributed by atoms with Gasteiger partial charge >= 0.3 is 5.97 Å². The molecule has 1 fully saturated rings. The van der Waals surface area contributed by atoms with Crippen LogP contribution in [-0.2, 0) is 9.59 Å². The first-order valence-corrected chi connectivity index (χ1v) is 6.43. The highest BCUT2D eigenvalue weighted by Gasteiger charge is 2.36. The fourth-order valence-corrected chi connectivity index (χ4v) is 2.55. The van der Waals surface area contributed by atoms with Crippen molar-refractivity contribution in [2.45, 2.75) is 24.8 Å². The van der Waals surface area contributed by atoms with Crippen LogP contribution in [0.5, 0.6) is 0 Å². The summed E-state index contributed by atoms with van der Waals surface area (Å²) in [6, 6.07) is 8.57. The lowest BCUT2D eigenvalue weighted by Gasteiger charge is -2.26. The van der Waals surface area contributed by atoms with Gasteiger partial charge in [-0.3, -0.25) is 4.79 Å². The highest BCUT2D eigenvalue weighted by atomic mass is 16.4. The van der Waals surface area contributed by atoms with Gasteiger partial charge in [0.25, 0.3) is 0 Å². The fourth-order valence-electron chi connectivity index (χ4n) is 2.55. The number of likely N-dealkylation sites (tertiary alicyclic amines) is 1. The van der Waals surface area contributed by atoms with Crippen molar-refractivity contribution in [1.29, 1.82) is 0 Å². The Kier molecular flexibility index (Phi) is 4.16. The standard InChI is InChI=1S/C14H18N2O3/c15-9-11(10-5-2-1-3-6-10)13(17)16-8-4-7-12(16)14(18)19/h1-3,5-6,11-12H,4,7-9,15H2,(H,18,19). The third kappa shape index (κ3) is 2.76. The molecule has 0 spiro atoms. The van der Waals surface area contributed by atoms with E-state index in [1.54, 1.807) is 0 Å². The Labute approximate surface area is 112 Å². The molecule has 5 heteroatoms. The third-order valence-electron chi connectivity index (χ3n) is 3.56. The Morgan fingerprint density at radius 3 is 2.63 bits per heavy atom. The third-order valence-corrected chi connectivity index (χ3v) is 3.56. The number of carbonyl (C=O) groups is 2. The molecule has 2 unspecified atom stereocenters. The number of carbonyl (C=O) groups excluding carboxylic acids is 1. The topological polar surface area (TPSA) is 83.6 Å². The maximum Gasteiger partial charge on any atom is 0.326 e. The second-order valence-corrected chi connectivity index (χ2v) is 4.73. The normalized spacial score (nSPS) is 20.3. The number of carboxylic acid groups (broad SMARTS) is 1. The van der Waals surface area contributed by atoms with Crippen LogP contribution in [0, 0.1) is 0 Å². The summed E-state index contributed by atoms with van der Waals surface area (Å²) in [7, 11) is 0. The Morgan fingerprint density at radius 2 is 2.05 bits per heavy atom. The maximum absolute atomic E-state index is 12.5. The van der Waals surface area contributed by atoms with E-state index in [2.05, 4.69) is 0 Å². The predicted octanol–water partition coefficient (Wildman–Crippen LogP) is 0.805. The van der Waals surface area contributed by atoms with Gasteiger partial charge in [-0.25, -0.2) is 4.79 Å². The molecule has 5 nitrogen and oxygen atoms in total. The molecule has 102 valence electrons. The lowest BCUT2D eigenvalue weighted by atomic mass is 9.97. The molecule has 1 heterocycles. The van der Waals surface area contributed by atoms with Gasteiger partial charge in [0.1, 0.15) is 6.04 Å². The Bertz CT molecular complexity index is 461. The van der Waals surface area contributed by atoms with Crippen LogP contribution < -0.4 is 5.73 Å². The molecule has 0 aromatic heterocycles. The Balaban J connectivity index is 2.19. The molecule has 1 aromatic carbocycles. The first-order chi connectivity index (χ1) is 9.15. The molecule has 1 amide bonds. The minimum Gasteiger partial charge on any atom is -0.480 e. The Hall–Kier alpha value is -1.88. The summed E-state index contributed by atoms with van der Waals surface area (Å²) in [5, 5.41) is 9.13. The molecular formula is C14H18N2O3. The van der Waals surface area contributed by atoms with Crippen LogP contribution in [-0.4, -0.2) is 41.0 Å². The van der Waals surface area contributed by atoms with Crippen molar-refractivity contribution >= 4 is 11.9 Å². The van der Waals surface area contributed by atoms with E-state index in [4.69, 9.17) is 10.8 Å². The zero-order valence-corrected chi connectivity index (χ0v) is 10.7. The fraction of sp³-hybridized carbons (Fsp3) is 0.429. The van der Waals surface area contributed by atoms with Crippen LogP contribution in [0.2, 0.25) is 0 Å². The highest BCUT2D eigenvalue weighted by molar-refractivity contribution is 5.88. The number of nitrogens with zero attached hydrogens (tertiary/aromatic N) is 1. The lowest BCUT2D eigenvalue weighted by molar-refractivity contribution is -0.148. The van der Waals surface area contributed by atoms with E-state index in [0.717, 1.165) is 12.0 Å². The molecule has 3 N–H and O–H groups in total. The van der Waals surface area contributed by atoms with Gasteiger partial charge < -0.3 is 15.7 Å². The first kappa shape index (κ1) is 13.5. The average Bonchev–Trinajstić information content (AvgIpc) is 2.90. The molecule has 0 radical (unpaired) electrons. The first-order valence-electron chi connectivity index (χ1n) is 6.43. The average molecular weight is 262 g/mol. The summed E-state index contributed by atoms with van der Waals surface area (Å²) in [6.45, 7) is 0.685. The predicted molar refractivity (Wildman–Crippen MR) is 70.6 cm³/mol. The second-order valence-electron chi connectivity index (χ2n) is 4.73. The van der Waals surface area contributed by atoms with Gasteiger partial charge in [-0.2, -0.15) is 0 Å². The van der Waals surface area contributed by atoms with Crippen LogP contribution in [0.25, 0.3) is 0 Å². The molecule has 1 aliphatic rings. The van der Waals surface area contributed by atoms with Crippen molar-refractivity contribution in [3.63, 3.8) is 0 Å². The van der Waals surface area contributed by atoms with Crippen LogP contribution in [0.1, 0.15) is 24.3 Å². The number of rotatable bonds is 4. The highest BCUT2D eigenvalue weighted by Crippen LogP contribution is 2.24. The summed E-state index contributed by atoms with van der Waals surface area (Å²) in [5.74, 6) is -1.57. The number of hydrogen-bond donors (Lipinski definition) is 2. The smallest absolute Gasteiger partial charge is 0.326 e.